The molecule has 0 N–H and O–H groups in total. The van der Waals surface area contributed by atoms with Gasteiger partial charge in [-0.2, -0.15) is 21.6 Å². The summed E-state index contributed by atoms with van der Waals surface area (Å²) >= 11 is 1.32. The van der Waals surface area contributed by atoms with E-state index < -0.39 is 15.6 Å². The van der Waals surface area contributed by atoms with Crippen LogP contribution in [0.15, 0.2) is 35.2 Å². The fourth-order valence-electron chi connectivity index (χ4n) is 1.68. The van der Waals surface area contributed by atoms with E-state index in [9.17, 15) is 21.6 Å². The van der Waals surface area contributed by atoms with Gasteiger partial charge in [0.1, 0.15) is 0 Å². The third-order valence-corrected chi connectivity index (χ3v) is 4.77. The molecule has 1 aromatic rings. The van der Waals surface area contributed by atoms with Gasteiger partial charge in [-0.1, -0.05) is 30.3 Å². The Morgan fingerprint density at radius 1 is 1.20 bits per heavy atom. The van der Waals surface area contributed by atoms with Crippen molar-refractivity contribution < 1.29 is 25.8 Å². The molecule has 1 aliphatic rings. The Bertz CT molecular complexity index is 599. The molecule has 0 amide bonds. The third kappa shape index (κ3) is 3.29. The molecule has 2 rings (SSSR count). The number of halogens is 3. The molecule has 0 saturated carbocycles. The van der Waals surface area contributed by atoms with Gasteiger partial charge in [0.2, 0.25) is 0 Å². The molecule has 0 radical (unpaired) electrons. The number of thioether (sulfide) groups is 1. The van der Waals surface area contributed by atoms with E-state index >= 15 is 0 Å². The van der Waals surface area contributed by atoms with Crippen LogP contribution >= 0.6 is 11.8 Å². The number of hydrogen-bond acceptors (Lipinski definition) is 4. The Kier molecular flexibility index (Phi) is 4.33. The zero-order chi connectivity index (χ0) is 14.8. The summed E-state index contributed by atoms with van der Waals surface area (Å²) in [4.78, 5) is 0.532. The van der Waals surface area contributed by atoms with Crippen LogP contribution in [0.4, 0.5) is 13.2 Å². The topological polar surface area (TPSA) is 43.4 Å². The lowest BCUT2D eigenvalue weighted by Crippen LogP contribution is -2.25. The van der Waals surface area contributed by atoms with Crippen LogP contribution in [0.2, 0.25) is 0 Å². The Balaban J connectivity index is 2.43. The maximum absolute atomic E-state index is 12.5. The number of benzene rings is 1. The highest BCUT2D eigenvalue weighted by atomic mass is 32.2. The van der Waals surface area contributed by atoms with Crippen LogP contribution in [0.5, 0.6) is 0 Å². The van der Waals surface area contributed by atoms with Crippen molar-refractivity contribution >= 4 is 27.6 Å². The van der Waals surface area contributed by atoms with Crippen molar-refractivity contribution in [1.82, 2.24) is 0 Å². The number of alkyl halides is 3. The molecule has 0 aromatic heterocycles. The van der Waals surface area contributed by atoms with Gasteiger partial charge < -0.3 is 4.18 Å². The molecule has 0 spiro atoms. The molecule has 8 heteroatoms. The first kappa shape index (κ1) is 15.2. The maximum atomic E-state index is 12.5. The molecule has 0 unspecified atom stereocenters. The predicted molar refractivity (Wildman–Crippen MR) is 71.1 cm³/mol. The standard InChI is InChI=1S/C12H11F3O3S2/c13-12(14,15)20(16,17)18-11(10-7-4-8-19-10)9-5-2-1-3-6-9/h1-3,5-6H,4,7-8H2/b11-10+. The van der Waals surface area contributed by atoms with Gasteiger partial charge in [0.25, 0.3) is 0 Å². The van der Waals surface area contributed by atoms with Crippen LogP contribution < -0.4 is 0 Å². The van der Waals surface area contributed by atoms with Crippen molar-refractivity contribution in [2.75, 3.05) is 5.75 Å². The van der Waals surface area contributed by atoms with E-state index in [2.05, 4.69) is 4.18 Å². The summed E-state index contributed by atoms with van der Waals surface area (Å²) in [7, 11) is -5.65. The summed E-state index contributed by atoms with van der Waals surface area (Å²) in [6, 6.07) is 7.95. The lowest BCUT2D eigenvalue weighted by atomic mass is 10.1. The monoisotopic (exact) mass is 324 g/mol. The van der Waals surface area contributed by atoms with E-state index in [0.717, 1.165) is 12.2 Å². The lowest BCUT2D eigenvalue weighted by Gasteiger charge is -2.14. The molecule has 20 heavy (non-hydrogen) atoms. The van der Waals surface area contributed by atoms with Crippen LogP contribution in [0.25, 0.3) is 5.76 Å². The minimum absolute atomic E-state index is 0.217. The van der Waals surface area contributed by atoms with E-state index in [0.29, 0.717) is 16.9 Å². The number of hydrogen-bond donors (Lipinski definition) is 0. The van der Waals surface area contributed by atoms with Crippen molar-refractivity contribution in [1.29, 1.82) is 0 Å². The van der Waals surface area contributed by atoms with Gasteiger partial charge in [0.15, 0.2) is 5.76 Å². The van der Waals surface area contributed by atoms with Gasteiger partial charge in [-0.3, -0.25) is 0 Å². The molecule has 1 heterocycles. The molecule has 0 aliphatic carbocycles. The quantitative estimate of drug-likeness (QED) is 0.482. The molecule has 1 saturated heterocycles. The normalized spacial score (nSPS) is 18.9. The predicted octanol–water partition coefficient (Wildman–Crippen LogP) is 3.75. The van der Waals surface area contributed by atoms with Crippen LogP contribution in [-0.4, -0.2) is 19.7 Å². The summed E-state index contributed by atoms with van der Waals surface area (Å²) in [5.41, 5.74) is -5.11. The molecule has 110 valence electrons. The van der Waals surface area contributed by atoms with Gasteiger partial charge in [-0.25, -0.2) is 0 Å². The fourth-order valence-corrected chi connectivity index (χ4v) is 3.36. The molecule has 1 fully saturated rings. The van der Waals surface area contributed by atoms with E-state index in [1.54, 1.807) is 18.2 Å². The first-order valence-electron chi connectivity index (χ1n) is 5.73. The second-order valence-electron chi connectivity index (χ2n) is 4.05. The van der Waals surface area contributed by atoms with Crippen LogP contribution in [0.1, 0.15) is 18.4 Å². The van der Waals surface area contributed by atoms with Gasteiger partial charge in [0, 0.05) is 10.5 Å². The molecular weight excluding hydrogens is 313 g/mol. The number of rotatable bonds is 3. The summed E-state index contributed by atoms with van der Waals surface area (Å²) in [5, 5.41) is 0. The minimum atomic E-state index is -5.65. The Morgan fingerprint density at radius 2 is 1.85 bits per heavy atom. The summed E-state index contributed by atoms with van der Waals surface area (Å²) in [6.45, 7) is 0. The van der Waals surface area contributed by atoms with Crippen LogP contribution in [0, 0.1) is 0 Å². The Hall–Kier alpha value is -1.15. The van der Waals surface area contributed by atoms with Crippen molar-refractivity contribution in [2.45, 2.75) is 18.3 Å². The van der Waals surface area contributed by atoms with E-state index in [1.165, 1.54) is 23.9 Å². The molecule has 0 bridgehead atoms. The molecule has 1 aliphatic heterocycles. The SMILES string of the molecule is O=S(=O)(O/C(=C1\CCCS1)c1ccccc1)C(F)(F)F. The Morgan fingerprint density at radius 3 is 2.35 bits per heavy atom. The second-order valence-corrected chi connectivity index (χ2v) is 6.78. The lowest BCUT2D eigenvalue weighted by molar-refractivity contribution is -0.0509. The molecular formula is C12H11F3O3S2. The highest BCUT2D eigenvalue weighted by Gasteiger charge is 2.49. The average molecular weight is 324 g/mol. The van der Waals surface area contributed by atoms with Crippen LogP contribution in [-0.2, 0) is 14.3 Å². The largest absolute Gasteiger partial charge is 0.534 e. The van der Waals surface area contributed by atoms with Gasteiger partial charge in [0.05, 0.1) is 0 Å². The van der Waals surface area contributed by atoms with Gasteiger partial charge in [-0.15, -0.1) is 11.8 Å². The Labute approximate surface area is 118 Å². The first-order chi connectivity index (χ1) is 9.31. The third-order valence-electron chi connectivity index (χ3n) is 2.59. The van der Waals surface area contributed by atoms with Gasteiger partial charge in [-0.05, 0) is 18.6 Å². The van der Waals surface area contributed by atoms with Crippen molar-refractivity contribution in [2.24, 2.45) is 0 Å². The highest BCUT2D eigenvalue weighted by molar-refractivity contribution is 8.03. The van der Waals surface area contributed by atoms with E-state index in [1.807, 2.05) is 0 Å². The summed E-state index contributed by atoms with van der Waals surface area (Å²) in [6.07, 6.45) is 1.30. The number of allylic oxidation sites excluding steroid dienone is 1. The smallest absolute Gasteiger partial charge is 0.375 e. The zero-order valence-corrected chi connectivity index (χ0v) is 11.8. The zero-order valence-electron chi connectivity index (χ0n) is 10.2. The van der Waals surface area contributed by atoms with Crippen LogP contribution in [0.3, 0.4) is 0 Å². The fraction of sp³-hybridized carbons (Fsp3) is 0.333. The average Bonchev–Trinajstić information content (AvgIpc) is 2.89. The second kappa shape index (κ2) is 5.69. The van der Waals surface area contributed by atoms with E-state index in [-0.39, 0.29) is 5.76 Å². The molecule has 0 atom stereocenters. The maximum Gasteiger partial charge on any atom is 0.534 e. The van der Waals surface area contributed by atoms with Crippen molar-refractivity contribution in [3.05, 3.63) is 40.8 Å². The highest BCUT2D eigenvalue weighted by Crippen LogP contribution is 2.39. The summed E-state index contributed by atoms with van der Waals surface area (Å²) in [5.74, 6) is 0.520. The van der Waals surface area contributed by atoms with Crippen molar-refractivity contribution in [3.63, 3.8) is 0 Å². The summed E-state index contributed by atoms with van der Waals surface area (Å²) < 4.78 is 64.1. The molecule has 3 nitrogen and oxygen atoms in total. The van der Waals surface area contributed by atoms with E-state index in [4.69, 9.17) is 0 Å². The van der Waals surface area contributed by atoms with Crippen molar-refractivity contribution in [3.8, 4) is 0 Å². The molecule has 1 aromatic carbocycles. The minimum Gasteiger partial charge on any atom is -0.375 e. The van der Waals surface area contributed by atoms with Gasteiger partial charge >= 0.3 is 15.6 Å². The first-order valence-corrected chi connectivity index (χ1v) is 8.13.